The fourth-order valence-corrected chi connectivity index (χ4v) is 14.4. The molecule has 0 unspecified atom stereocenters. The number of hydrogen-bond donors (Lipinski definition) is 4. The van der Waals surface area contributed by atoms with E-state index in [-0.39, 0.29) is 24.0 Å². The van der Waals surface area contributed by atoms with Gasteiger partial charge in [0.15, 0.2) is 0 Å². The number of thioether (sulfide) groups is 1. The summed E-state index contributed by atoms with van der Waals surface area (Å²) in [6, 6.07) is 0. The average molecular weight is 1380 g/mol. The number of rotatable bonds is 11. The van der Waals surface area contributed by atoms with Gasteiger partial charge in [0.1, 0.15) is 0 Å². The van der Waals surface area contributed by atoms with Crippen molar-refractivity contribution in [3.8, 4) is 0 Å². The molecule has 0 aliphatic rings. The lowest BCUT2D eigenvalue weighted by molar-refractivity contribution is -0.137. The van der Waals surface area contributed by atoms with Crippen molar-refractivity contribution in [3.05, 3.63) is 43.7 Å². The normalized spacial score (nSPS) is 10.1. The molecule has 0 atom stereocenters. The summed E-state index contributed by atoms with van der Waals surface area (Å²) in [5.74, 6) is -0.703. The number of halogens is 10. The maximum Gasteiger partial charge on any atom is 0.304 e. The molecule has 0 aliphatic heterocycles. The fourth-order valence-electron chi connectivity index (χ4n) is 2.68. The van der Waals surface area contributed by atoms with Crippen LogP contribution in [0.25, 0.3) is 0 Å². The first-order valence-electron chi connectivity index (χ1n) is 10.9. The zero-order valence-corrected chi connectivity index (χ0v) is 38.2. The summed E-state index contributed by atoms with van der Waals surface area (Å²) in [7, 11) is 1.71. The smallest absolute Gasteiger partial charge is 0.304 e. The zero-order valence-electron chi connectivity index (χ0n) is 21.4. The van der Waals surface area contributed by atoms with Crippen LogP contribution in [0.2, 0.25) is 0 Å². The van der Waals surface area contributed by atoms with Gasteiger partial charge in [-0.05, 0) is 182 Å². The molecule has 44 heavy (non-hydrogen) atoms. The summed E-state index contributed by atoms with van der Waals surface area (Å²) < 4.78 is 3.35. The lowest BCUT2D eigenvalue weighted by Gasteiger charge is -2.15. The molecule has 10 nitrogen and oxygen atoms in total. The second-order valence-corrected chi connectivity index (χ2v) is 16.5. The number of hydrogen-bond acceptors (Lipinski definition) is 9. The van der Waals surface area contributed by atoms with Gasteiger partial charge in [-0.15, -0.1) is 0 Å². The van der Waals surface area contributed by atoms with Crippen LogP contribution in [0.3, 0.4) is 0 Å². The molecular weight excluding hydrogens is 1370 g/mol. The Balaban J connectivity index is 0.000000647. The minimum absolute atomic E-state index is 0.101. The minimum Gasteiger partial charge on any atom is -0.481 e. The van der Waals surface area contributed by atoms with Crippen molar-refractivity contribution >= 4 is 238 Å². The van der Waals surface area contributed by atoms with Crippen LogP contribution >= 0.6 is 194 Å². The molecule has 2 aromatic carbocycles. The van der Waals surface area contributed by atoms with Gasteiger partial charge >= 0.3 is 11.9 Å². The standard InChI is InChI=1S/C9H4Cl2I3NO2.C8H2Cl2I3NO2.C6H10O4S/c1-15-7-5(13)2(8(10)16)4(12)3(6(7)14)9(11)17;9-7(15)1-3(11)2(8(10)16)5(13)6(14)4(1)12;7-5(8)1-3-11-4-2-6(9)10/h15H,1H3;14H2;1-4H2,(H,7,8)(H,9,10). The first kappa shape index (κ1) is 45.6. The number of benzene rings is 2. The van der Waals surface area contributed by atoms with Gasteiger partial charge in [0, 0.05) is 25.7 Å². The Hall–Kier alpha value is 1.55. The number of nitrogen functional groups attached to an aromatic ring is 1. The molecule has 21 heteroatoms. The highest BCUT2D eigenvalue weighted by Crippen LogP contribution is 2.37. The number of carbonyl (C=O) groups excluding carboxylic acids is 4. The van der Waals surface area contributed by atoms with Crippen molar-refractivity contribution in [2.75, 3.05) is 29.6 Å². The van der Waals surface area contributed by atoms with E-state index in [4.69, 9.17) is 62.4 Å². The van der Waals surface area contributed by atoms with Crippen LogP contribution in [-0.2, 0) is 9.59 Å². The first-order valence-corrected chi connectivity index (χ1v) is 20.0. The molecule has 0 heterocycles. The van der Waals surface area contributed by atoms with Crippen molar-refractivity contribution in [2.24, 2.45) is 0 Å². The molecule has 0 aromatic heterocycles. The summed E-state index contributed by atoms with van der Waals surface area (Å²) in [6.07, 6.45) is 0.203. The van der Waals surface area contributed by atoms with Gasteiger partial charge in [-0.1, -0.05) is 0 Å². The van der Waals surface area contributed by atoms with E-state index < -0.39 is 32.9 Å². The Morgan fingerprint density at radius 2 is 0.886 bits per heavy atom. The predicted molar refractivity (Wildman–Crippen MR) is 226 cm³/mol. The second kappa shape index (κ2) is 22.3. The van der Waals surface area contributed by atoms with Crippen LogP contribution in [0.1, 0.15) is 54.3 Å². The Morgan fingerprint density at radius 1 is 0.614 bits per heavy atom. The molecule has 0 saturated heterocycles. The monoisotopic (exact) mass is 1380 g/mol. The minimum atomic E-state index is -0.840. The van der Waals surface area contributed by atoms with E-state index in [0.29, 0.717) is 55.4 Å². The molecule has 5 N–H and O–H groups in total. The number of anilines is 2. The van der Waals surface area contributed by atoms with Crippen molar-refractivity contribution in [3.63, 3.8) is 0 Å². The number of carboxylic acids is 2. The maximum atomic E-state index is 11.4. The molecular formula is C23H16Cl4I6N2O8S. The van der Waals surface area contributed by atoms with Gasteiger partial charge in [0.25, 0.3) is 21.0 Å². The Kier molecular flexibility index (Phi) is 23.1. The second-order valence-electron chi connectivity index (χ2n) is 7.42. The lowest BCUT2D eigenvalue weighted by Crippen LogP contribution is -2.11. The van der Waals surface area contributed by atoms with Crippen LogP contribution < -0.4 is 11.1 Å². The molecule has 242 valence electrons. The van der Waals surface area contributed by atoms with E-state index >= 15 is 0 Å². The Bertz CT molecular complexity index is 1400. The topological polar surface area (TPSA) is 181 Å². The van der Waals surface area contributed by atoms with Crippen LogP contribution in [-0.4, -0.2) is 61.7 Å². The van der Waals surface area contributed by atoms with Crippen LogP contribution in [0.5, 0.6) is 0 Å². The third-order valence-corrected chi connectivity index (χ3v) is 12.9. The van der Waals surface area contributed by atoms with Crippen molar-refractivity contribution in [1.29, 1.82) is 0 Å². The number of nitrogens with two attached hydrogens (primary N) is 1. The summed E-state index contributed by atoms with van der Waals surface area (Å²) in [5.41, 5.74) is 7.88. The van der Waals surface area contributed by atoms with E-state index in [1.54, 1.807) is 7.05 Å². The summed E-state index contributed by atoms with van der Waals surface area (Å²) in [4.78, 5) is 65.3. The largest absolute Gasteiger partial charge is 0.481 e. The van der Waals surface area contributed by atoms with Gasteiger partial charge < -0.3 is 21.3 Å². The molecule has 2 aromatic rings. The van der Waals surface area contributed by atoms with Crippen LogP contribution in [0.4, 0.5) is 11.4 Å². The molecule has 0 amide bonds. The van der Waals surface area contributed by atoms with Gasteiger partial charge in [-0.3, -0.25) is 28.8 Å². The highest BCUT2D eigenvalue weighted by molar-refractivity contribution is 14.1. The van der Waals surface area contributed by atoms with E-state index in [2.05, 4.69) is 5.32 Å². The van der Waals surface area contributed by atoms with E-state index in [1.807, 2.05) is 136 Å². The van der Waals surface area contributed by atoms with Crippen molar-refractivity contribution in [1.82, 2.24) is 0 Å². The van der Waals surface area contributed by atoms with Gasteiger partial charge in [0.2, 0.25) is 0 Å². The third kappa shape index (κ3) is 13.8. The predicted octanol–water partition coefficient (Wildman–Crippen LogP) is 8.81. The quantitative estimate of drug-likeness (QED) is 0.0731. The fraction of sp³-hybridized carbons (Fsp3) is 0.217. The highest BCUT2D eigenvalue weighted by Gasteiger charge is 2.26. The molecule has 0 aliphatic carbocycles. The Morgan fingerprint density at radius 3 is 1.11 bits per heavy atom. The summed E-state index contributed by atoms with van der Waals surface area (Å²) >= 11 is 35.0. The van der Waals surface area contributed by atoms with Crippen molar-refractivity contribution in [2.45, 2.75) is 12.8 Å². The summed E-state index contributed by atoms with van der Waals surface area (Å²) in [5, 5.41) is 16.8. The Labute approximate surface area is 357 Å². The summed E-state index contributed by atoms with van der Waals surface area (Å²) in [6.45, 7) is 0. The van der Waals surface area contributed by atoms with Crippen molar-refractivity contribution < 1.29 is 39.0 Å². The van der Waals surface area contributed by atoms with Gasteiger partial charge in [-0.2, -0.15) is 11.8 Å². The molecule has 0 bridgehead atoms. The van der Waals surface area contributed by atoms with Crippen LogP contribution in [0, 0.1) is 21.4 Å². The van der Waals surface area contributed by atoms with E-state index in [1.165, 1.54) is 11.8 Å². The number of carbonyl (C=O) groups is 6. The SMILES string of the molecule is CNc1c(I)c(C(=O)Cl)c(I)c(C(=O)Cl)c1I.Nc1c(I)c(C(=O)Cl)c(I)c(C(=O)Cl)c1I.O=C(O)CCSCCC(=O)O. The lowest BCUT2D eigenvalue weighted by atomic mass is 10.1. The number of carboxylic acid groups (broad SMARTS) is 2. The number of nitrogens with one attached hydrogen (secondary N) is 1. The van der Waals surface area contributed by atoms with Crippen LogP contribution in [0.15, 0.2) is 0 Å². The number of aliphatic carboxylic acids is 2. The molecule has 0 saturated carbocycles. The van der Waals surface area contributed by atoms with Gasteiger partial charge in [-0.25, -0.2) is 0 Å². The average Bonchev–Trinajstić information content (AvgIpc) is 2.87. The first-order chi connectivity index (χ1) is 20.2. The zero-order chi connectivity index (χ0) is 34.6. The van der Waals surface area contributed by atoms with Gasteiger partial charge in [0.05, 0.1) is 60.8 Å². The molecule has 0 radical (unpaired) electrons. The third-order valence-electron chi connectivity index (χ3n) is 4.62. The highest BCUT2D eigenvalue weighted by atomic mass is 127. The van der Waals surface area contributed by atoms with E-state index in [9.17, 15) is 28.8 Å². The molecule has 0 fully saturated rings. The van der Waals surface area contributed by atoms with E-state index in [0.717, 1.165) is 0 Å². The molecule has 0 spiro atoms. The molecule has 2 rings (SSSR count). The maximum absolute atomic E-state index is 11.4.